The van der Waals surface area contributed by atoms with E-state index < -0.39 is 17.2 Å². The summed E-state index contributed by atoms with van der Waals surface area (Å²) in [5, 5.41) is 2.63. The summed E-state index contributed by atoms with van der Waals surface area (Å²) in [6, 6.07) is 1.76. The third-order valence-corrected chi connectivity index (χ3v) is 2.49. The minimum atomic E-state index is -0.673. The molecule has 1 aromatic heterocycles. The van der Waals surface area contributed by atoms with Crippen LogP contribution in [0.2, 0.25) is 0 Å². The fourth-order valence-electron chi connectivity index (χ4n) is 1.63. The van der Waals surface area contributed by atoms with Gasteiger partial charge in [0.25, 0.3) is 0 Å². The molecule has 1 rings (SSSR count). The number of amides is 1. The lowest BCUT2D eigenvalue weighted by atomic mass is 9.96. The van der Waals surface area contributed by atoms with E-state index in [1.165, 1.54) is 6.20 Å². The number of ether oxygens (including phenoxy) is 2. The third kappa shape index (κ3) is 5.14. The average Bonchev–Trinajstić information content (AvgIpc) is 2.26. The van der Waals surface area contributed by atoms with Gasteiger partial charge in [-0.1, -0.05) is 0 Å². The topological polar surface area (TPSA) is 86.5 Å². The molecule has 0 aliphatic carbocycles. The zero-order valence-electron chi connectivity index (χ0n) is 12.7. The summed E-state index contributed by atoms with van der Waals surface area (Å²) < 4.78 is 10.3. The van der Waals surface area contributed by atoms with Crippen LogP contribution in [0.3, 0.4) is 0 Å². The van der Waals surface area contributed by atoms with Crippen LogP contribution in [0.4, 0.5) is 10.5 Å². The van der Waals surface area contributed by atoms with Gasteiger partial charge in [-0.05, 0) is 39.3 Å². The first-order valence-corrected chi connectivity index (χ1v) is 6.37. The summed E-state index contributed by atoms with van der Waals surface area (Å²) in [7, 11) is 1.58. The van der Waals surface area contributed by atoms with Crippen LogP contribution in [-0.4, -0.2) is 30.4 Å². The van der Waals surface area contributed by atoms with Gasteiger partial charge in [-0.2, -0.15) is 0 Å². The number of anilines is 1. The van der Waals surface area contributed by atoms with Crippen LogP contribution < -0.4 is 11.1 Å². The summed E-state index contributed by atoms with van der Waals surface area (Å²) in [5.41, 5.74) is 6.22. The van der Waals surface area contributed by atoms with Crippen molar-refractivity contribution < 1.29 is 14.3 Å². The summed E-state index contributed by atoms with van der Waals surface area (Å²) >= 11 is 0. The first-order valence-electron chi connectivity index (χ1n) is 6.37. The van der Waals surface area contributed by atoms with Crippen molar-refractivity contribution in [2.24, 2.45) is 5.73 Å². The van der Waals surface area contributed by atoms with Crippen LogP contribution in [0, 0.1) is 0 Å². The van der Waals surface area contributed by atoms with E-state index in [0.29, 0.717) is 12.3 Å². The molecule has 1 aromatic rings. The highest BCUT2D eigenvalue weighted by molar-refractivity contribution is 5.84. The summed E-state index contributed by atoms with van der Waals surface area (Å²) in [4.78, 5) is 15.8. The maximum atomic E-state index is 11.7. The maximum Gasteiger partial charge on any atom is 0.412 e. The van der Waals surface area contributed by atoms with Crippen LogP contribution in [0.25, 0.3) is 0 Å². The van der Waals surface area contributed by atoms with Crippen molar-refractivity contribution in [1.29, 1.82) is 0 Å². The smallest absolute Gasteiger partial charge is 0.412 e. The van der Waals surface area contributed by atoms with Crippen molar-refractivity contribution >= 4 is 11.8 Å². The molecule has 0 spiro atoms. The maximum absolute atomic E-state index is 11.7. The third-order valence-electron chi connectivity index (χ3n) is 2.49. The molecule has 6 heteroatoms. The summed E-state index contributed by atoms with van der Waals surface area (Å²) in [6.07, 6.45) is 2.66. The van der Waals surface area contributed by atoms with Crippen LogP contribution in [0.1, 0.15) is 33.3 Å². The molecule has 0 aliphatic rings. The van der Waals surface area contributed by atoms with Crippen molar-refractivity contribution in [3.63, 3.8) is 0 Å². The summed E-state index contributed by atoms with van der Waals surface area (Å²) in [6.45, 7) is 7.60. The Labute approximate surface area is 119 Å². The van der Waals surface area contributed by atoms with Gasteiger partial charge in [0.2, 0.25) is 0 Å². The Kier molecular flexibility index (Phi) is 5.08. The molecule has 1 heterocycles. The molecule has 0 aliphatic heterocycles. The molecule has 3 N–H and O–H groups in total. The average molecular weight is 281 g/mol. The van der Waals surface area contributed by atoms with Gasteiger partial charge in [0.05, 0.1) is 24.0 Å². The van der Waals surface area contributed by atoms with Gasteiger partial charge < -0.3 is 15.2 Å². The van der Waals surface area contributed by atoms with Gasteiger partial charge in [0.1, 0.15) is 5.60 Å². The molecule has 0 fully saturated rings. The Morgan fingerprint density at radius 3 is 2.55 bits per heavy atom. The van der Waals surface area contributed by atoms with Gasteiger partial charge in [-0.3, -0.25) is 10.3 Å². The van der Waals surface area contributed by atoms with Gasteiger partial charge in [-0.25, -0.2) is 4.79 Å². The molecular formula is C14H23N3O3. The molecule has 20 heavy (non-hydrogen) atoms. The van der Waals surface area contributed by atoms with Crippen LogP contribution in [0.15, 0.2) is 18.5 Å². The van der Waals surface area contributed by atoms with E-state index in [1.54, 1.807) is 40.1 Å². The van der Waals surface area contributed by atoms with Gasteiger partial charge in [0, 0.05) is 13.3 Å². The number of methoxy groups -OCH3 is 1. The van der Waals surface area contributed by atoms with E-state index in [4.69, 9.17) is 15.2 Å². The normalized spacial score (nSPS) is 14.5. The number of nitrogens with one attached hydrogen (secondary N) is 1. The summed E-state index contributed by atoms with van der Waals surface area (Å²) in [5.74, 6) is 0. The fraction of sp³-hybridized carbons (Fsp3) is 0.571. The first kappa shape index (κ1) is 16.4. The number of rotatable bonds is 4. The highest BCUT2D eigenvalue weighted by atomic mass is 16.6. The van der Waals surface area contributed by atoms with E-state index >= 15 is 0 Å². The molecule has 1 atom stereocenters. The predicted molar refractivity (Wildman–Crippen MR) is 77.5 cm³/mol. The van der Waals surface area contributed by atoms with E-state index in [2.05, 4.69) is 10.3 Å². The molecule has 1 amide bonds. The monoisotopic (exact) mass is 281 g/mol. The van der Waals surface area contributed by atoms with Crippen molar-refractivity contribution in [2.75, 3.05) is 19.0 Å². The minimum Gasteiger partial charge on any atom is -0.444 e. The number of hydrogen-bond donors (Lipinski definition) is 2. The number of carbonyl (C=O) groups excluding carboxylic acids is 1. The Morgan fingerprint density at radius 2 is 2.00 bits per heavy atom. The number of carbonyl (C=O) groups is 1. The second-order valence-electron chi connectivity index (χ2n) is 5.94. The van der Waals surface area contributed by atoms with Crippen molar-refractivity contribution in [1.82, 2.24) is 4.98 Å². The number of pyridine rings is 1. The second kappa shape index (κ2) is 6.19. The largest absolute Gasteiger partial charge is 0.444 e. The minimum absolute atomic E-state index is 0.352. The quantitative estimate of drug-likeness (QED) is 0.884. The molecule has 1 unspecified atom stereocenters. The lowest BCUT2D eigenvalue weighted by Gasteiger charge is -2.24. The van der Waals surface area contributed by atoms with Gasteiger partial charge >= 0.3 is 6.09 Å². The number of nitrogens with zero attached hydrogens (tertiary/aromatic N) is 1. The number of aromatic nitrogens is 1. The van der Waals surface area contributed by atoms with Crippen LogP contribution in [-0.2, 0) is 15.0 Å². The molecule has 0 aromatic carbocycles. The van der Waals surface area contributed by atoms with Crippen molar-refractivity contribution in [3.05, 3.63) is 24.0 Å². The standard InChI is InChI=1S/C14H23N3O3/c1-13(2,3)20-12(18)17-11-6-10(7-16-8-11)14(4,15)9-19-5/h6-8H,9,15H2,1-5H3,(H,17,18). The Bertz CT molecular complexity index is 467. The molecular weight excluding hydrogens is 258 g/mol. The lowest BCUT2D eigenvalue weighted by Crippen LogP contribution is -2.38. The molecule has 0 saturated heterocycles. The van der Waals surface area contributed by atoms with E-state index in [9.17, 15) is 4.79 Å². The van der Waals surface area contributed by atoms with Crippen LogP contribution in [0.5, 0.6) is 0 Å². The molecule has 0 saturated carbocycles. The van der Waals surface area contributed by atoms with E-state index in [1.807, 2.05) is 6.92 Å². The molecule has 0 bridgehead atoms. The Hall–Kier alpha value is -1.66. The van der Waals surface area contributed by atoms with Crippen molar-refractivity contribution in [2.45, 2.75) is 38.8 Å². The number of nitrogens with two attached hydrogens (primary N) is 1. The lowest BCUT2D eigenvalue weighted by molar-refractivity contribution is 0.0636. The zero-order valence-corrected chi connectivity index (χ0v) is 12.7. The molecule has 112 valence electrons. The Balaban J connectivity index is 2.81. The zero-order chi connectivity index (χ0) is 15.4. The van der Waals surface area contributed by atoms with Gasteiger partial charge in [0.15, 0.2) is 0 Å². The second-order valence-corrected chi connectivity index (χ2v) is 5.94. The van der Waals surface area contributed by atoms with Crippen molar-refractivity contribution in [3.8, 4) is 0 Å². The van der Waals surface area contributed by atoms with E-state index in [-0.39, 0.29) is 0 Å². The van der Waals surface area contributed by atoms with E-state index in [0.717, 1.165) is 5.56 Å². The highest BCUT2D eigenvalue weighted by Crippen LogP contribution is 2.20. The SMILES string of the molecule is COCC(C)(N)c1cncc(NC(=O)OC(C)(C)C)c1. The highest BCUT2D eigenvalue weighted by Gasteiger charge is 2.22. The predicted octanol–water partition coefficient (Wildman–Crippen LogP) is 2.25. The molecule has 0 radical (unpaired) electrons. The molecule has 6 nitrogen and oxygen atoms in total. The van der Waals surface area contributed by atoms with Gasteiger partial charge in [-0.15, -0.1) is 0 Å². The fourth-order valence-corrected chi connectivity index (χ4v) is 1.63. The van der Waals surface area contributed by atoms with Crippen LogP contribution >= 0.6 is 0 Å². The Morgan fingerprint density at radius 1 is 1.35 bits per heavy atom. The first-order chi connectivity index (χ1) is 9.14. The number of hydrogen-bond acceptors (Lipinski definition) is 5.